The molecule has 0 aromatic heterocycles. The van der Waals surface area contributed by atoms with Gasteiger partial charge >= 0.3 is 0 Å². The lowest BCUT2D eigenvalue weighted by Crippen LogP contribution is -2.35. The van der Waals surface area contributed by atoms with Crippen LogP contribution in [0.4, 0.5) is 0 Å². The van der Waals surface area contributed by atoms with Gasteiger partial charge in [0.2, 0.25) is 0 Å². The highest BCUT2D eigenvalue weighted by Crippen LogP contribution is 2.38. The Labute approximate surface area is 231 Å². The van der Waals surface area contributed by atoms with E-state index in [2.05, 4.69) is 0 Å². The molecule has 5 rings (SSSR count). The van der Waals surface area contributed by atoms with Crippen molar-refractivity contribution < 1.29 is 9.59 Å². The van der Waals surface area contributed by atoms with Crippen molar-refractivity contribution in [3.63, 3.8) is 0 Å². The normalized spacial score (nSPS) is 17.9. The van der Waals surface area contributed by atoms with E-state index in [1.165, 1.54) is 11.8 Å². The van der Waals surface area contributed by atoms with E-state index in [-0.39, 0.29) is 11.8 Å². The molecule has 3 aromatic carbocycles. The Hall–Kier alpha value is -3.33. The summed E-state index contributed by atoms with van der Waals surface area (Å²) in [7, 11) is 0. The Morgan fingerprint density at radius 1 is 0.595 bits per heavy atom. The molecule has 3 aromatic rings. The first-order valence-electron chi connectivity index (χ1n) is 12.1. The molecule has 0 N–H and O–H groups in total. The molecular formula is C29H25N3O2S3. The Bertz CT molecular complexity index is 1360. The summed E-state index contributed by atoms with van der Waals surface area (Å²) in [5.41, 5.74) is 3.57. The fourth-order valence-electron chi connectivity index (χ4n) is 4.41. The Morgan fingerprint density at radius 2 is 1.08 bits per heavy atom. The molecule has 5 nitrogen and oxygen atoms in total. The highest BCUT2D eigenvalue weighted by atomic mass is 32.2. The van der Waals surface area contributed by atoms with Gasteiger partial charge in [0.1, 0.15) is 14.9 Å². The smallest absolute Gasteiger partial charge is 0.278 e. The fraction of sp³-hybridized carbons (Fsp3) is 0.172. The van der Waals surface area contributed by atoms with E-state index in [1.54, 1.807) is 9.80 Å². The largest absolute Gasteiger partial charge is 0.312 e. The maximum absolute atomic E-state index is 13.8. The van der Waals surface area contributed by atoms with Crippen molar-refractivity contribution in [3.05, 3.63) is 118 Å². The minimum absolute atomic E-state index is 0.241. The van der Waals surface area contributed by atoms with Crippen LogP contribution >= 0.6 is 36.2 Å². The van der Waals surface area contributed by atoms with Crippen LogP contribution in [0.2, 0.25) is 0 Å². The third-order valence-electron chi connectivity index (χ3n) is 6.36. The molecular weight excluding hydrogens is 519 g/mol. The molecule has 2 fully saturated rings. The molecule has 0 spiro atoms. The van der Waals surface area contributed by atoms with Crippen molar-refractivity contribution in [1.29, 1.82) is 0 Å². The number of carbonyl (C=O) groups excluding carboxylic acids is 2. The van der Waals surface area contributed by atoms with Gasteiger partial charge in [0.15, 0.2) is 5.11 Å². The first kappa shape index (κ1) is 25.3. The van der Waals surface area contributed by atoms with E-state index in [9.17, 15) is 9.59 Å². The average Bonchev–Trinajstić information content (AvgIpc) is 3.33. The third-order valence-corrected chi connectivity index (χ3v) is 8.24. The van der Waals surface area contributed by atoms with Crippen LogP contribution in [0.15, 0.2) is 102 Å². The zero-order valence-electron chi connectivity index (χ0n) is 20.1. The lowest BCUT2D eigenvalue weighted by molar-refractivity contribution is -0.125. The monoisotopic (exact) mass is 543 g/mol. The van der Waals surface area contributed by atoms with E-state index < -0.39 is 0 Å². The van der Waals surface area contributed by atoms with Crippen LogP contribution in [0, 0.1) is 0 Å². The minimum Gasteiger partial charge on any atom is -0.312 e. The number of amides is 2. The molecule has 0 saturated carbocycles. The van der Waals surface area contributed by atoms with Crippen molar-refractivity contribution in [3.8, 4) is 0 Å². The SMILES string of the molecule is O=C1/C(=C2/C(=O)N(CCc3ccccc3)C(=S)N2CCc2ccccc2)SC(=S)N1Cc1ccccc1. The van der Waals surface area contributed by atoms with Crippen molar-refractivity contribution in [2.75, 3.05) is 13.1 Å². The molecule has 0 bridgehead atoms. The molecule has 186 valence electrons. The van der Waals surface area contributed by atoms with Crippen molar-refractivity contribution in [1.82, 2.24) is 14.7 Å². The van der Waals surface area contributed by atoms with Gasteiger partial charge in [-0.15, -0.1) is 0 Å². The minimum atomic E-state index is -0.250. The van der Waals surface area contributed by atoms with Crippen LogP contribution in [0.25, 0.3) is 0 Å². The predicted octanol–water partition coefficient (Wildman–Crippen LogP) is 5.17. The molecule has 2 aliphatic heterocycles. The molecule has 0 radical (unpaired) electrons. The number of hydrogen-bond donors (Lipinski definition) is 0. The van der Waals surface area contributed by atoms with Gasteiger partial charge in [-0.25, -0.2) is 0 Å². The molecule has 37 heavy (non-hydrogen) atoms. The number of thioether (sulfide) groups is 1. The molecule has 2 saturated heterocycles. The van der Waals surface area contributed by atoms with Crippen LogP contribution in [-0.2, 0) is 29.0 Å². The second-order valence-corrected chi connectivity index (χ2v) is 10.8. The zero-order valence-corrected chi connectivity index (χ0v) is 22.5. The van der Waals surface area contributed by atoms with Crippen LogP contribution < -0.4 is 0 Å². The lowest BCUT2D eigenvalue weighted by Gasteiger charge is -2.21. The molecule has 8 heteroatoms. The standard InChI is InChI=1S/C29H25N3O2S3/c33-26-24(25-27(34)32(29(36)37-25)20-23-14-8-3-9-15-23)30(18-16-21-10-4-1-5-11-21)28(35)31(26)19-17-22-12-6-2-7-13-22/h1-15H,16-20H2/b25-24+. The lowest BCUT2D eigenvalue weighted by atomic mass is 10.1. The van der Waals surface area contributed by atoms with Crippen LogP contribution in [0.3, 0.4) is 0 Å². The number of nitrogens with zero attached hydrogens (tertiary/aromatic N) is 3. The van der Waals surface area contributed by atoms with Crippen molar-refractivity contribution in [2.24, 2.45) is 0 Å². The van der Waals surface area contributed by atoms with Gasteiger partial charge in [-0.05, 0) is 41.7 Å². The van der Waals surface area contributed by atoms with Crippen molar-refractivity contribution >= 4 is 57.4 Å². The fourth-order valence-corrected chi connectivity index (χ4v) is 6.09. The summed E-state index contributed by atoms with van der Waals surface area (Å²) < 4.78 is 0.445. The van der Waals surface area contributed by atoms with Crippen LogP contribution in [0.1, 0.15) is 16.7 Å². The molecule has 2 aliphatic rings. The Kier molecular flexibility index (Phi) is 7.79. The first-order chi connectivity index (χ1) is 18.0. The van der Waals surface area contributed by atoms with Gasteiger partial charge in [-0.2, -0.15) is 0 Å². The number of carbonyl (C=O) groups is 2. The van der Waals surface area contributed by atoms with E-state index in [0.29, 0.717) is 52.5 Å². The van der Waals surface area contributed by atoms with E-state index in [4.69, 9.17) is 24.4 Å². The zero-order chi connectivity index (χ0) is 25.8. The predicted molar refractivity (Wildman–Crippen MR) is 156 cm³/mol. The molecule has 2 heterocycles. The van der Waals surface area contributed by atoms with Gasteiger partial charge in [0.05, 0.1) is 6.54 Å². The summed E-state index contributed by atoms with van der Waals surface area (Å²) in [4.78, 5) is 32.7. The Morgan fingerprint density at radius 3 is 1.62 bits per heavy atom. The second kappa shape index (κ2) is 11.4. The van der Waals surface area contributed by atoms with Gasteiger partial charge in [0.25, 0.3) is 11.8 Å². The third kappa shape index (κ3) is 5.51. The highest BCUT2D eigenvalue weighted by molar-refractivity contribution is 8.26. The van der Waals surface area contributed by atoms with Crippen molar-refractivity contribution in [2.45, 2.75) is 19.4 Å². The summed E-state index contributed by atoms with van der Waals surface area (Å²) in [6, 6.07) is 29.8. The topological polar surface area (TPSA) is 43.9 Å². The highest BCUT2D eigenvalue weighted by Gasteiger charge is 2.45. The van der Waals surface area contributed by atoms with E-state index >= 15 is 0 Å². The summed E-state index contributed by atoms with van der Waals surface area (Å²) in [5.74, 6) is -0.492. The maximum atomic E-state index is 13.8. The first-order valence-corrected chi connectivity index (χ1v) is 13.7. The molecule has 0 aliphatic carbocycles. The second-order valence-electron chi connectivity index (χ2n) is 8.78. The average molecular weight is 544 g/mol. The summed E-state index contributed by atoms with van der Waals surface area (Å²) in [5, 5.41) is 0.431. The summed E-state index contributed by atoms with van der Waals surface area (Å²) in [6.45, 7) is 1.30. The number of thiocarbonyl (C=S) groups is 2. The van der Waals surface area contributed by atoms with Gasteiger partial charge in [0, 0.05) is 13.1 Å². The van der Waals surface area contributed by atoms with Gasteiger partial charge in [-0.3, -0.25) is 19.4 Å². The van der Waals surface area contributed by atoms with E-state index in [1.807, 2.05) is 95.9 Å². The van der Waals surface area contributed by atoms with E-state index in [0.717, 1.165) is 16.7 Å². The maximum Gasteiger partial charge on any atom is 0.278 e. The number of benzene rings is 3. The summed E-state index contributed by atoms with van der Waals surface area (Å²) in [6.07, 6.45) is 1.36. The summed E-state index contributed by atoms with van der Waals surface area (Å²) >= 11 is 12.6. The molecule has 0 unspecified atom stereocenters. The molecule has 2 amide bonds. The number of rotatable bonds is 8. The molecule has 0 atom stereocenters. The number of hydrogen-bond acceptors (Lipinski definition) is 5. The van der Waals surface area contributed by atoms with Gasteiger partial charge in [-0.1, -0.05) is 115 Å². The quantitative estimate of drug-likeness (QED) is 0.288. The Balaban J connectivity index is 1.44. The van der Waals surface area contributed by atoms with Crippen LogP contribution in [-0.4, -0.2) is 49.0 Å². The van der Waals surface area contributed by atoms with Gasteiger partial charge < -0.3 is 4.90 Å². The van der Waals surface area contributed by atoms with Crippen LogP contribution in [0.5, 0.6) is 0 Å².